The smallest absolute Gasteiger partial charge is 0.264 e. The van der Waals surface area contributed by atoms with Crippen LogP contribution in [0.5, 0.6) is 0 Å². The van der Waals surface area contributed by atoms with E-state index in [1.807, 2.05) is 36.6 Å². The number of fused-ring (bicyclic) bond motifs is 1. The molecule has 6 nitrogen and oxygen atoms in total. The van der Waals surface area contributed by atoms with Gasteiger partial charge in [0, 0.05) is 17.6 Å². The maximum atomic E-state index is 13.4. The van der Waals surface area contributed by atoms with E-state index >= 15 is 0 Å². The van der Waals surface area contributed by atoms with Crippen LogP contribution in [0.2, 0.25) is 5.02 Å². The fourth-order valence-electron chi connectivity index (χ4n) is 3.45. The van der Waals surface area contributed by atoms with Gasteiger partial charge < -0.3 is 5.32 Å². The minimum Gasteiger partial charge on any atom is -0.345 e. The van der Waals surface area contributed by atoms with Crippen molar-refractivity contribution in [2.24, 2.45) is 0 Å². The summed E-state index contributed by atoms with van der Waals surface area (Å²) >= 11 is 7.66. The molecule has 0 spiro atoms. The molecule has 9 heteroatoms. The van der Waals surface area contributed by atoms with Crippen molar-refractivity contribution in [3.8, 4) is 0 Å². The Labute approximate surface area is 184 Å². The van der Waals surface area contributed by atoms with Crippen LogP contribution in [-0.4, -0.2) is 25.9 Å². The lowest BCUT2D eigenvalue weighted by Gasteiger charge is -2.30. The van der Waals surface area contributed by atoms with Gasteiger partial charge in [-0.3, -0.25) is 9.10 Å². The summed E-state index contributed by atoms with van der Waals surface area (Å²) in [6.45, 7) is 2.53. The molecular weight excluding hydrogens is 442 g/mol. The summed E-state index contributed by atoms with van der Waals surface area (Å²) < 4.78 is 28.1. The minimum atomic E-state index is -3.83. The number of benzene rings is 2. The number of aromatic nitrogens is 1. The summed E-state index contributed by atoms with van der Waals surface area (Å²) in [5, 5.41) is 5.62. The monoisotopic (exact) mass is 461 g/mol. The molecule has 1 amide bonds. The molecule has 0 radical (unpaired) electrons. The molecule has 2 heterocycles. The summed E-state index contributed by atoms with van der Waals surface area (Å²) in [4.78, 5) is 17.0. The first-order valence-corrected chi connectivity index (χ1v) is 12.2. The number of rotatable bonds is 5. The van der Waals surface area contributed by atoms with Gasteiger partial charge in [-0.25, -0.2) is 13.4 Å². The van der Waals surface area contributed by atoms with E-state index in [0.29, 0.717) is 12.2 Å². The molecule has 156 valence electrons. The van der Waals surface area contributed by atoms with Crippen molar-refractivity contribution in [3.63, 3.8) is 0 Å². The molecule has 0 saturated heterocycles. The highest BCUT2D eigenvalue weighted by Gasteiger charge is 2.29. The van der Waals surface area contributed by atoms with Crippen molar-refractivity contribution >= 4 is 44.6 Å². The number of nitrogens with one attached hydrogen (secondary N) is 1. The van der Waals surface area contributed by atoms with Gasteiger partial charge in [0.2, 0.25) is 0 Å². The number of hydrogen-bond donors (Lipinski definition) is 1. The van der Waals surface area contributed by atoms with E-state index in [-0.39, 0.29) is 22.0 Å². The Morgan fingerprint density at radius 3 is 2.83 bits per heavy atom. The van der Waals surface area contributed by atoms with E-state index in [0.717, 1.165) is 29.1 Å². The number of thiazole rings is 1. The van der Waals surface area contributed by atoms with Crippen LogP contribution in [-0.2, 0) is 23.0 Å². The number of anilines is 1. The van der Waals surface area contributed by atoms with Crippen molar-refractivity contribution in [1.29, 1.82) is 0 Å². The Morgan fingerprint density at radius 2 is 2.07 bits per heavy atom. The lowest BCUT2D eigenvalue weighted by molar-refractivity contribution is 0.0951. The van der Waals surface area contributed by atoms with Gasteiger partial charge in [0.05, 0.1) is 27.7 Å². The van der Waals surface area contributed by atoms with Gasteiger partial charge in [-0.05, 0) is 49.6 Å². The number of sulfonamides is 1. The average Bonchev–Trinajstić information content (AvgIpc) is 3.17. The Kier molecular flexibility index (Phi) is 5.81. The van der Waals surface area contributed by atoms with Crippen molar-refractivity contribution in [3.05, 3.63) is 74.7 Å². The van der Waals surface area contributed by atoms with Crippen molar-refractivity contribution in [2.75, 3.05) is 10.8 Å². The zero-order chi connectivity index (χ0) is 21.3. The lowest BCUT2D eigenvalue weighted by Crippen LogP contribution is -2.35. The number of halogens is 1. The maximum Gasteiger partial charge on any atom is 0.264 e. The zero-order valence-corrected chi connectivity index (χ0v) is 18.6. The largest absolute Gasteiger partial charge is 0.345 e. The topological polar surface area (TPSA) is 79.4 Å². The van der Waals surface area contributed by atoms with Gasteiger partial charge in [0.1, 0.15) is 5.01 Å². The molecule has 0 unspecified atom stereocenters. The molecule has 4 rings (SSSR count). The fraction of sp³-hybridized carbons (Fsp3) is 0.238. The molecule has 1 aliphatic heterocycles. The van der Waals surface area contributed by atoms with E-state index in [2.05, 4.69) is 10.3 Å². The molecule has 0 atom stereocenters. The third kappa shape index (κ3) is 4.08. The number of carbonyl (C=O) groups excluding carboxylic acids is 1. The zero-order valence-electron chi connectivity index (χ0n) is 16.3. The fourth-order valence-corrected chi connectivity index (χ4v) is 5.93. The van der Waals surface area contributed by atoms with E-state index < -0.39 is 15.9 Å². The predicted octanol–water partition coefficient (Wildman–Crippen LogP) is 4.18. The van der Waals surface area contributed by atoms with Gasteiger partial charge in [0.25, 0.3) is 15.9 Å². The molecule has 3 aromatic rings. The standard InChI is InChI=1S/C21H20ClN3O3S2/c1-14-13-29-20(24-14)12-23-21(26)17-11-16(8-9-18(17)22)30(27,28)25-10-4-6-15-5-2-3-7-19(15)25/h2-3,5,7-9,11,13H,4,6,10,12H2,1H3,(H,23,26). The second-order valence-corrected chi connectivity index (χ2v) is 10.2. The Balaban J connectivity index is 1.62. The number of hydrogen-bond acceptors (Lipinski definition) is 5. The number of aryl methyl sites for hydroxylation is 2. The van der Waals surface area contributed by atoms with Gasteiger partial charge in [0.15, 0.2) is 0 Å². The number of para-hydroxylation sites is 1. The molecular formula is C21H20ClN3O3S2. The SMILES string of the molecule is Cc1csc(CNC(=O)c2cc(S(=O)(=O)N3CCCc4ccccc43)ccc2Cl)n1. The Bertz CT molecular complexity index is 1210. The first kappa shape index (κ1) is 20.8. The third-order valence-corrected chi connectivity index (χ3v) is 8.01. The van der Waals surface area contributed by atoms with Crippen LogP contribution in [0.1, 0.15) is 33.0 Å². The predicted molar refractivity (Wildman–Crippen MR) is 119 cm³/mol. The molecule has 2 aromatic carbocycles. The summed E-state index contributed by atoms with van der Waals surface area (Å²) in [6, 6.07) is 11.7. The second-order valence-electron chi connectivity index (χ2n) is 7.02. The average molecular weight is 462 g/mol. The molecule has 1 aliphatic rings. The van der Waals surface area contributed by atoms with Crippen LogP contribution in [0.15, 0.2) is 52.7 Å². The first-order chi connectivity index (χ1) is 14.4. The van der Waals surface area contributed by atoms with Crippen molar-refractivity contribution < 1.29 is 13.2 Å². The van der Waals surface area contributed by atoms with Crippen LogP contribution >= 0.6 is 22.9 Å². The van der Waals surface area contributed by atoms with E-state index in [4.69, 9.17) is 11.6 Å². The van der Waals surface area contributed by atoms with Crippen molar-refractivity contribution in [1.82, 2.24) is 10.3 Å². The molecule has 1 N–H and O–H groups in total. The highest BCUT2D eigenvalue weighted by Crippen LogP contribution is 2.32. The van der Waals surface area contributed by atoms with E-state index in [9.17, 15) is 13.2 Å². The first-order valence-electron chi connectivity index (χ1n) is 9.45. The molecule has 30 heavy (non-hydrogen) atoms. The summed E-state index contributed by atoms with van der Waals surface area (Å²) in [6.07, 6.45) is 1.58. The third-order valence-electron chi connectivity index (χ3n) is 4.90. The van der Waals surface area contributed by atoms with Gasteiger partial charge in [-0.15, -0.1) is 11.3 Å². The molecule has 0 bridgehead atoms. The highest BCUT2D eigenvalue weighted by atomic mass is 35.5. The number of carbonyl (C=O) groups is 1. The summed E-state index contributed by atoms with van der Waals surface area (Å²) in [5.74, 6) is -0.441. The number of amides is 1. The Hall–Kier alpha value is -2.42. The second kappa shape index (κ2) is 8.37. The van der Waals surface area contributed by atoms with Gasteiger partial charge >= 0.3 is 0 Å². The lowest BCUT2D eigenvalue weighted by atomic mass is 10.0. The minimum absolute atomic E-state index is 0.0406. The van der Waals surface area contributed by atoms with Crippen LogP contribution < -0.4 is 9.62 Å². The van der Waals surface area contributed by atoms with Crippen LogP contribution in [0.25, 0.3) is 0 Å². The van der Waals surface area contributed by atoms with Gasteiger partial charge in [-0.2, -0.15) is 0 Å². The quantitative estimate of drug-likeness (QED) is 0.618. The Morgan fingerprint density at radius 1 is 1.27 bits per heavy atom. The molecule has 0 saturated carbocycles. The van der Waals surface area contributed by atoms with E-state index in [1.54, 1.807) is 0 Å². The molecule has 1 aromatic heterocycles. The van der Waals surface area contributed by atoms with Crippen molar-refractivity contribution in [2.45, 2.75) is 31.2 Å². The van der Waals surface area contributed by atoms with Crippen LogP contribution in [0.3, 0.4) is 0 Å². The van der Waals surface area contributed by atoms with E-state index in [1.165, 1.54) is 33.8 Å². The maximum absolute atomic E-state index is 13.4. The molecule has 0 fully saturated rings. The molecule has 0 aliphatic carbocycles. The number of nitrogens with zero attached hydrogens (tertiary/aromatic N) is 2. The van der Waals surface area contributed by atoms with Crippen LogP contribution in [0, 0.1) is 6.92 Å². The summed E-state index contributed by atoms with van der Waals surface area (Å²) in [7, 11) is -3.83. The normalized spacial score (nSPS) is 13.7. The van der Waals surface area contributed by atoms with Gasteiger partial charge in [-0.1, -0.05) is 29.8 Å². The summed E-state index contributed by atoms with van der Waals surface area (Å²) in [5.41, 5.74) is 2.69. The van der Waals surface area contributed by atoms with Crippen LogP contribution in [0.4, 0.5) is 5.69 Å². The highest BCUT2D eigenvalue weighted by molar-refractivity contribution is 7.92.